The number of benzene rings is 1. The first kappa shape index (κ1) is 19.3. The third kappa shape index (κ3) is 4.67. The Labute approximate surface area is 168 Å². The first-order valence-electron chi connectivity index (χ1n) is 10.7. The van der Waals surface area contributed by atoms with Crippen molar-refractivity contribution in [2.75, 3.05) is 63.9 Å². The number of hydrogen-bond acceptors (Lipinski definition) is 4. The van der Waals surface area contributed by atoms with E-state index in [-0.39, 0.29) is 0 Å². The second-order valence-corrected chi connectivity index (χ2v) is 7.75. The molecule has 1 aromatic carbocycles. The molecule has 152 valence electrons. The molecular weight excluding hydrogens is 350 g/mol. The Morgan fingerprint density at radius 1 is 1.18 bits per heavy atom. The summed E-state index contributed by atoms with van der Waals surface area (Å²) in [6, 6.07) is 9.43. The molecule has 0 aliphatic carbocycles. The second kappa shape index (κ2) is 9.43. The number of nitrogens with zero attached hydrogens (tertiary/aromatic N) is 4. The summed E-state index contributed by atoms with van der Waals surface area (Å²) in [5.74, 6) is 1.05. The van der Waals surface area contributed by atoms with E-state index in [0.29, 0.717) is 6.04 Å². The fourth-order valence-corrected chi connectivity index (χ4v) is 4.31. The summed E-state index contributed by atoms with van der Waals surface area (Å²) in [5, 5.41) is 3.50. The first-order valence-corrected chi connectivity index (χ1v) is 10.7. The van der Waals surface area contributed by atoms with E-state index in [2.05, 4.69) is 63.4 Å². The summed E-state index contributed by atoms with van der Waals surface area (Å²) in [6.45, 7) is 11.8. The van der Waals surface area contributed by atoms with E-state index >= 15 is 0 Å². The van der Waals surface area contributed by atoms with Crippen molar-refractivity contribution < 1.29 is 4.74 Å². The van der Waals surface area contributed by atoms with E-state index < -0.39 is 0 Å². The van der Waals surface area contributed by atoms with Crippen molar-refractivity contribution in [1.29, 1.82) is 0 Å². The molecule has 2 fully saturated rings. The van der Waals surface area contributed by atoms with Crippen molar-refractivity contribution >= 4 is 11.6 Å². The van der Waals surface area contributed by atoms with E-state index in [0.717, 1.165) is 71.5 Å². The molecule has 0 aromatic heterocycles. The summed E-state index contributed by atoms with van der Waals surface area (Å²) >= 11 is 0. The lowest BCUT2D eigenvalue weighted by Crippen LogP contribution is -2.46. The normalized spacial score (nSPS) is 23.6. The third-order valence-corrected chi connectivity index (χ3v) is 5.87. The summed E-state index contributed by atoms with van der Waals surface area (Å²) in [4.78, 5) is 12.4. The van der Waals surface area contributed by atoms with Crippen LogP contribution < -0.4 is 10.2 Å². The molecule has 3 aliphatic heterocycles. The quantitative estimate of drug-likeness (QED) is 0.478. The number of likely N-dealkylation sites (tertiary alicyclic amines) is 1. The van der Waals surface area contributed by atoms with Gasteiger partial charge < -0.3 is 19.9 Å². The summed E-state index contributed by atoms with van der Waals surface area (Å²) < 4.78 is 5.51. The first-order chi connectivity index (χ1) is 13.8. The minimum Gasteiger partial charge on any atom is -0.379 e. The van der Waals surface area contributed by atoms with Gasteiger partial charge in [0.05, 0.1) is 19.8 Å². The number of rotatable bonds is 5. The van der Waals surface area contributed by atoms with Crippen molar-refractivity contribution in [3.8, 4) is 0 Å². The Balaban J connectivity index is 1.39. The average molecular weight is 384 g/mol. The molecule has 1 N–H and O–H groups in total. The van der Waals surface area contributed by atoms with Gasteiger partial charge in [-0.05, 0) is 31.0 Å². The number of aliphatic imine (C=N–C) groups is 1. The Hall–Kier alpha value is -2.05. The van der Waals surface area contributed by atoms with E-state index in [9.17, 15) is 0 Å². The standard InChI is InChI=1S/C22H33N5O/c1-2-23-22(27-11-8-21(18-27)26-12-14-28-15-13-26)24-17-19-6-5-7-20(16-19)25-9-3-4-10-25/h3-7,16,21H,2,8-15,17-18H2,1H3,(H,23,24). The van der Waals surface area contributed by atoms with Crippen molar-refractivity contribution in [3.63, 3.8) is 0 Å². The van der Waals surface area contributed by atoms with Gasteiger partial charge in [0, 0.05) is 57.5 Å². The minimum atomic E-state index is 0.624. The van der Waals surface area contributed by atoms with Crippen LogP contribution in [0.4, 0.5) is 5.69 Å². The molecule has 4 rings (SSSR count). The smallest absolute Gasteiger partial charge is 0.194 e. The molecule has 1 aromatic rings. The molecule has 6 heteroatoms. The number of hydrogen-bond donors (Lipinski definition) is 1. The predicted molar refractivity (Wildman–Crippen MR) is 115 cm³/mol. The zero-order valence-corrected chi connectivity index (χ0v) is 17.0. The summed E-state index contributed by atoms with van der Waals surface area (Å²) in [6.07, 6.45) is 5.67. The molecule has 0 radical (unpaired) electrons. The van der Waals surface area contributed by atoms with E-state index in [1.54, 1.807) is 0 Å². The lowest BCUT2D eigenvalue weighted by atomic mass is 10.2. The van der Waals surface area contributed by atoms with Gasteiger partial charge in [0.2, 0.25) is 0 Å². The predicted octanol–water partition coefficient (Wildman–Crippen LogP) is 1.93. The van der Waals surface area contributed by atoms with E-state index in [4.69, 9.17) is 9.73 Å². The zero-order valence-electron chi connectivity index (χ0n) is 17.0. The molecule has 0 bridgehead atoms. The van der Waals surface area contributed by atoms with Gasteiger partial charge in [0.15, 0.2) is 5.96 Å². The summed E-state index contributed by atoms with van der Waals surface area (Å²) in [7, 11) is 0. The Kier molecular flexibility index (Phi) is 6.49. The number of anilines is 1. The van der Waals surface area contributed by atoms with Crippen LogP contribution in [0.1, 0.15) is 18.9 Å². The maximum atomic E-state index is 5.51. The molecule has 1 unspecified atom stereocenters. The molecule has 6 nitrogen and oxygen atoms in total. The Bertz CT molecular complexity index is 690. The van der Waals surface area contributed by atoms with Crippen LogP contribution in [0, 0.1) is 0 Å². The highest BCUT2D eigenvalue weighted by Gasteiger charge is 2.30. The highest BCUT2D eigenvalue weighted by Crippen LogP contribution is 2.20. The van der Waals surface area contributed by atoms with Crippen LogP contribution in [0.2, 0.25) is 0 Å². The van der Waals surface area contributed by atoms with E-state index in [1.165, 1.54) is 17.7 Å². The zero-order chi connectivity index (χ0) is 19.2. The number of nitrogens with one attached hydrogen (secondary N) is 1. The van der Waals surface area contributed by atoms with Crippen LogP contribution in [0.15, 0.2) is 41.4 Å². The van der Waals surface area contributed by atoms with Gasteiger partial charge >= 0.3 is 0 Å². The Morgan fingerprint density at radius 2 is 2.00 bits per heavy atom. The lowest BCUT2D eigenvalue weighted by molar-refractivity contribution is 0.0195. The monoisotopic (exact) mass is 383 g/mol. The fraction of sp³-hybridized carbons (Fsp3) is 0.591. The van der Waals surface area contributed by atoms with Crippen molar-refractivity contribution in [2.24, 2.45) is 4.99 Å². The molecule has 0 amide bonds. The van der Waals surface area contributed by atoms with Gasteiger partial charge in [-0.1, -0.05) is 24.3 Å². The van der Waals surface area contributed by atoms with Crippen molar-refractivity contribution in [2.45, 2.75) is 25.9 Å². The largest absolute Gasteiger partial charge is 0.379 e. The fourth-order valence-electron chi connectivity index (χ4n) is 4.31. The average Bonchev–Trinajstić information content (AvgIpc) is 3.44. The lowest BCUT2D eigenvalue weighted by Gasteiger charge is -2.32. The van der Waals surface area contributed by atoms with Crippen LogP contribution in [-0.2, 0) is 11.3 Å². The van der Waals surface area contributed by atoms with Crippen molar-refractivity contribution in [1.82, 2.24) is 15.1 Å². The highest BCUT2D eigenvalue weighted by atomic mass is 16.5. The minimum absolute atomic E-state index is 0.624. The van der Waals surface area contributed by atoms with Crippen LogP contribution >= 0.6 is 0 Å². The molecule has 3 aliphatic rings. The van der Waals surface area contributed by atoms with Crippen LogP contribution in [0.5, 0.6) is 0 Å². The van der Waals surface area contributed by atoms with Crippen molar-refractivity contribution in [3.05, 3.63) is 42.0 Å². The molecular formula is C22H33N5O. The molecule has 0 saturated carbocycles. The van der Waals surface area contributed by atoms with Gasteiger partial charge in [0.1, 0.15) is 0 Å². The van der Waals surface area contributed by atoms with Gasteiger partial charge in [-0.25, -0.2) is 4.99 Å². The molecule has 3 heterocycles. The Morgan fingerprint density at radius 3 is 2.79 bits per heavy atom. The number of ether oxygens (including phenoxy) is 1. The molecule has 28 heavy (non-hydrogen) atoms. The highest BCUT2D eigenvalue weighted by molar-refractivity contribution is 5.80. The number of morpholine rings is 1. The molecule has 1 atom stereocenters. The van der Waals surface area contributed by atoms with Crippen LogP contribution in [0.25, 0.3) is 0 Å². The van der Waals surface area contributed by atoms with Crippen LogP contribution in [-0.4, -0.2) is 80.8 Å². The van der Waals surface area contributed by atoms with Gasteiger partial charge in [-0.2, -0.15) is 0 Å². The number of guanidine groups is 1. The molecule has 2 saturated heterocycles. The second-order valence-electron chi connectivity index (χ2n) is 7.75. The van der Waals surface area contributed by atoms with Gasteiger partial charge in [-0.15, -0.1) is 0 Å². The summed E-state index contributed by atoms with van der Waals surface area (Å²) in [5.41, 5.74) is 2.56. The van der Waals surface area contributed by atoms with Gasteiger partial charge in [-0.3, -0.25) is 4.90 Å². The molecule has 0 spiro atoms. The van der Waals surface area contributed by atoms with E-state index in [1.807, 2.05) is 0 Å². The SMILES string of the molecule is CCNC(=NCc1cccc(N2CC=CC2)c1)N1CCC(N2CCOCC2)C1. The maximum absolute atomic E-state index is 5.51. The van der Waals surface area contributed by atoms with Crippen LogP contribution in [0.3, 0.4) is 0 Å². The maximum Gasteiger partial charge on any atom is 0.194 e. The topological polar surface area (TPSA) is 43.3 Å². The van der Waals surface area contributed by atoms with Gasteiger partial charge in [0.25, 0.3) is 0 Å². The third-order valence-electron chi connectivity index (χ3n) is 5.87.